The van der Waals surface area contributed by atoms with E-state index in [9.17, 15) is 0 Å². The summed E-state index contributed by atoms with van der Waals surface area (Å²) >= 11 is 0. The van der Waals surface area contributed by atoms with Crippen molar-refractivity contribution in [3.63, 3.8) is 0 Å². The summed E-state index contributed by atoms with van der Waals surface area (Å²) < 4.78 is 11.3. The lowest BCUT2D eigenvalue weighted by Gasteiger charge is -2.35. The highest BCUT2D eigenvalue weighted by Crippen LogP contribution is 2.22. The van der Waals surface area contributed by atoms with Crippen LogP contribution in [0, 0.1) is 0 Å². The molecule has 0 saturated carbocycles. The van der Waals surface area contributed by atoms with Crippen molar-refractivity contribution in [2.24, 2.45) is 0 Å². The third-order valence-electron chi connectivity index (χ3n) is 4.01. The average molecular weight is 266 g/mol. The molecule has 2 atom stereocenters. The molecule has 3 rings (SSSR count). The van der Waals surface area contributed by atoms with Gasteiger partial charge in [0.1, 0.15) is 18.1 Å². The molecule has 0 amide bonds. The fraction of sp³-hybridized carbons (Fsp3) is 0.714. The molecule has 1 aromatic heterocycles. The highest BCUT2D eigenvalue weighted by Gasteiger charge is 2.31. The summed E-state index contributed by atoms with van der Waals surface area (Å²) in [6.45, 7) is 4.63. The van der Waals surface area contributed by atoms with Crippen LogP contribution in [-0.2, 0) is 17.9 Å². The lowest BCUT2D eigenvalue weighted by atomic mass is 10.2. The van der Waals surface area contributed by atoms with Gasteiger partial charge in [0, 0.05) is 19.1 Å². The number of aliphatic hydroxyl groups is 1. The predicted molar refractivity (Wildman–Crippen MR) is 70.7 cm³/mol. The van der Waals surface area contributed by atoms with Crippen molar-refractivity contribution >= 4 is 0 Å². The Morgan fingerprint density at radius 1 is 1.37 bits per heavy atom. The molecule has 3 heterocycles. The summed E-state index contributed by atoms with van der Waals surface area (Å²) in [5, 5.41) is 12.3. The van der Waals surface area contributed by atoms with Crippen molar-refractivity contribution in [2.75, 3.05) is 26.2 Å². The van der Waals surface area contributed by atoms with Gasteiger partial charge in [-0.25, -0.2) is 0 Å². The minimum absolute atomic E-state index is 0.0396. The van der Waals surface area contributed by atoms with Crippen LogP contribution in [0.1, 0.15) is 24.4 Å². The van der Waals surface area contributed by atoms with Crippen LogP contribution in [0.4, 0.5) is 0 Å². The number of rotatable bonds is 5. The number of fused-ring (bicyclic) bond motifs is 1. The van der Waals surface area contributed by atoms with E-state index in [0.29, 0.717) is 18.3 Å². The topological polar surface area (TPSA) is 57.9 Å². The third-order valence-corrected chi connectivity index (χ3v) is 4.01. The molecule has 2 N–H and O–H groups in total. The Labute approximate surface area is 113 Å². The summed E-state index contributed by atoms with van der Waals surface area (Å²) in [5.74, 6) is 1.48. The molecule has 5 heteroatoms. The van der Waals surface area contributed by atoms with E-state index in [2.05, 4.69) is 10.2 Å². The largest absolute Gasteiger partial charge is 0.462 e. The number of ether oxygens (including phenoxy) is 1. The smallest absolute Gasteiger partial charge is 0.129 e. The van der Waals surface area contributed by atoms with Crippen molar-refractivity contribution in [1.82, 2.24) is 10.2 Å². The number of furan rings is 1. The van der Waals surface area contributed by atoms with Crippen molar-refractivity contribution in [2.45, 2.75) is 38.1 Å². The average Bonchev–Trinajstić information content (AvgIpc) is 3.06. The third kappa shape index (κ3) is 3.17. The maximum Gasteiger partial charge on any atom is 0.129 e. The van der Waals surface area contributed by atoms with Gasteiger partial charge in [-0.15, -0.1) is 0 Å². The van der Waals surface area contributed by atoms with Crippen LogP contribution in [0.3, 0.4) is 0 Å². The van der Waals surface area contributed by atoms with Crippen molar-refractivity contribution in [3.05, 3.63) is 23.7 Å². The van der Waals surface area contributed by atoms with Crippen LogP contribution in [0.25, 0.3) is 0 Å². The molecule has 2 unspecified atom stereocenters. The minimum Gasteiger partial charge on any atom is -0.462 e. The summed E-state index contributed by atoms with van der Waals surface area (Å²) in [4.78, 5) is 2.55. The van der Waals surface area contributed by atoms with E-state index in [4.69, 9.17) is 14.3 Å². The first-order chi connectivity index (χ1) is 9.35. The van der Waals surface area contributed by atoms with Gasteiger partial charge < -0.3 is 19.6 Å². The molecule has 1 aromatic rings. The van der Waals surface area contributed by atoms with Gasteiger partial charge in [-0.05, 0) is 31.5 Å². The van der Waals surface area contributed by atoms with Gasteiger partial charge in [-0.3, -0.25) is 4.90 Å². The minimum atomic E-state index is -0.0396. The van der Waals surface area contributed by atoms with E-state index in [1.165, 1.54) is 19.4 Å². The van der Waals surface area contributed by atoms with Crippen LogP contribution in [-0.4, -0.2) is 48.4 Å². The number of aliphatic hydroxyl groups excluding tert-OH is 1. The molecule has 2 aliphatic heterocycles. The maximum absolute atomic E-state index is 8.93. The first-order valence-corrected chi connectivity index (χ1v) is 7.10. The Hall–Kier alpha value is -0.880. The lowest BCUT2D eigenvalue weighted by molar-refractivity contribution is -0.0471. The summed E-state index contributed by atoms with van der Waals surface area (Å²) in [6.07, 6.45) is 2.88. The second-order valence-electron chi connectivity index (χ2n) is 5.40. The van der Waals surface area contributed by atoms with Gasteiger partial charge in [-0.1, -0.05) is 0 Å². The molecule has 0 aliphatic carbocycles. The van der Waals surface area contributed by atoms with E-state index < -0.39 is 0 Å². The Kier molecular flexibility index (Phi) is 4.18. The summed E-state index contributed by atoms with van der Waals surface area (Å²) in [7, 11) is 0. The van der Waals surface area contributed by atoms with Crippen LogP contribution in [0.2, 0.25) is 0 Å². The zero-order chi connectivity index (χ0) is 13.1. The number of nitrogens with zero attached hydrogens (tertiary/aromatic N) is 1. The summed E-state index contributed by atoms with van der Waals surface area (Å²) in [5.41, 5.74) is 0. The molecule has 0 spiro atoms. The number of morpholine rings is 1. The summed E-state index contributed by atoms with van der Waals surface area (Å²) in [6, 6.07) is 4.37. The number of hydrogen-bond donors (Lipinski definition) is 2. The molecule has 2 saturated heterocycles. The molecule has 2 fully saturated rings. The molecular weight excluding hydrogens is 244 g/mol. The van der Waals surface area contributed by atoms with Gasteiger partial charge in [0.15, 0.2) is 0 Å². The highest BCUT2D eigenvalue weighted by atomic mass is 16.5. The number of hydrogen-bond acceptors (Lipinski definition) is 5. The van der Waals surface area contributed by atoms with E-state index in [1.54, 1.807) is 0 Å². The molecule has 0 radical (unpaired) electrons. The molecule has 2 aliphatic rings. The first kappa shape index (κ1) is 13.1. The Morgan fingerprint density at radius 3 is 3.11 bits per heavy atom. The van der Waals surface area contributed by atoms with E-state index in [-0.39, 0.29) is 12.7 Å². The van der Waals surface area contributed by atoms with Gasteiger partial charge in [0.2, 0.25) is 0 Å². The Morgan fingerprint density at radius 2 is 2.26 bits per heavy atom. The fourth-order valence-electron chi connectivity index (χ4n) is 2.97. The Bertz CT molecular complexity index is 407. The van der Waals surface area contributed by atoms with Crippen molar-refractivity contribution in [3.8, 4) is 0 Å². The van der Waals surface area contributed by atoms with Crippen LogP contribution in [0.15, 0.2) is 16.5 Å². The highest BCUT2D eigenvalue weighted by molar-refractivity contribution is 5.06. The van der Waals surface area contributed by atoms with Crippen molar-refractivity contribution in [1.29, 1.82) is 0 Å². The Balaban J connectivity index is 1.40. The fourth-order valence-corrected chi connectivity index (χ4v) is 2.97. The zero-order valence-electron chi connectivity index (χ0n) is 11.2. The molecule has 0 aromatic carbocycles. The van der Waals surface area contributed by atoms with Crippen LogP contribution in [0.5, 0.6) is 0 Å². The SMILES string of the molecule is OCc1ccc(CNCC2CN3CCCC3CO2)o1. The second-order valence-corrected chi connectivity index (χ2v) is 5.40. The molecule has 5 nitrogen and oxygen atoms in total. The maximum atomic E-state index is 8.93. The standard InChI is InChI=1S/C14H22N2O3/c17-9-13-4-3-12(19-13)6-15-7-14-8-16-5-1-2-11(16)10-18-14/h3-4,11,14-15,17H,1-2,5-10H2. The van der Waals surface area contributed by atoms with E-state index >= 15 is 0 Å². The zero-order valence-corrected chi connectivity index (χ0v) is 11.2. The molecular formula is C14H22N2O3. The van der Waals surface area contributed by atoms with Gasteiger partial charge in [-0.2, -0.15) is 0 Å². The van der Waals surface area contributed by atoms with Gasteiger partial charge in [0.05, 0.1) is 19.3 Å². The molecule has 0 bridgehead atoms. The van der Waals surface area contributed by atoms with E-state index in [1.807, 2.05) is 12.1 Å². The van der Waals surface area contributed by atoms with E-state index in [0.717, 1.165) is 25.5 Å². The van der Waals surface area contributed by atoms with Crippen LogP contribution >= 0.6 is 0 Å². The quantitative estimate of drug-likeness (QED) is 0.822. The van der Waals surface area contributed by atoms with Gasteiger partial charge >= 0.3 is 0 Å². The normalized spacial score (nSPS) is 27.6. The monoisotopic (exact) mass is 266 g/mol. The van der Waals surface area contributed by atoms with Crippen LogP contribution < -0.4 is 5.32 Å². The van der Waals surface area contributed by atoms with Crippen molar-refractivity contribution < 1.29 is 14.3 Å². The molecule has 19 heavy (non-hydrogen) atoms. The number of nitrogens with one attached hydrogen (secondary N) is 1. The van der Waals surface area contributed by atoms with Gasteiger partial charge in [0.25, 0.3) is 0 Å². The lowest BCUT2D eigenvalue weighted by Crippen LogP contribution is -2.49. The molecule has 106 valence electrons. The second kappa shape index (κ2) is 6.05. The first-order valence-electron chi connectivity index (χ1n) is 7.10. The predicted octanol–water partition coefficient (Wildman–Crippen LogP) is 0.725.